The first-order chi connectivity index (χ1) is 6.24. The van der Waals surface area contributed by atoms with E-state index < -0.39 is 0 Å². The number of carbonyl (C=O) groups is 2. The van der Waals surface area contributed by atoms with Gasteiger partial charge in [0.2, 0.25) is 0 Å². The summed E-state index contributed by atoms with van der Waals surface area (Å²) in [6.07, 6.45) is 3.90. The maximum Gasteiger partial charge on any atom is 0.148 e. The zero-order valence-electron chi connectivity index (χ0n) is 8.36. The molecule has 0 bridgehead atoms. The molecular weight excluding hydrogens is 168 g/mol. The van der Waals surface area contributed by atoms with Crippen LogP contribution in [-0.2, 0) is 14.3 Å². The summed E-state index contributed by atoms with van der Waals surface area (Å²) >= 11 is 0. The summed E-state index contributed by atoms with van der Waals surface area (Å²) < 4.78 is 5.15. The third-order valence-electron chi connectivity index (χ3n) is 1.91. The summed E-state index contributed by atoms with van der Waals surface area (Å²) in [6, 6.07) is 0. The first kappa shape index (κ1) is 12.3. The van der Waals surface area contributed by atoms with Crippen LogP contribution in [0.2, 0.25) is 0 Å². The second kappa shape index (κ2) is 7.92. The molecule has 0 aliphatic heterocycles. The Bertz CT molecular complexity index is 145. The minimum Gasteiger partial charge on any atom is -0.371 e. The summed E-state index contributed by atoms with van der Waals surface area (Å²) in [4.78, 5) is 20.7. The van der Waals surface area contributed by atoms with Crippen LogP contribution in [0.15, 0.2) is 0 Å². The van der Waals surface area contributed by atoms with E-state index in [-0.39, 0.29) is 12.0 Å². The smallest absolute Gasteiger partial charge is 0.148 e. The number of ether oxygens (including phenoxy) is 1. The highest BCUT2D eigenvalue weighted by molar-refractivity contribution is 5.56. The molecule has 0 aromatic rings. The molecular formula is C10H18O3. The van der Waals surface area contributed by atoms with Crippen LogP contribution in [0.4, 0.5) is 0 Å². The van der Waals surface area contributed by atoms with Crippen molar-refractivity contribution < 1.29 is 14.3 Å². The van der Waals surface area contributed by atoms with Gasteiger partial charge in [-0.05, 0) is 26.2 Å². The highest BCUT2D eigenvalue weighted by Crippen LogP contribution is 2.08. The van der Waals surface area contributed by atoms with Gasteiger partial charge in [-0.15, -0.1) is 0 Å². The van der Waals surface area contributed by atoms with Gasteiger partial charge >= 0.3 is 0 Å². The third kappa shape index (κ3) is 6.46. The highest BCUT2D eigenvalue weighted by atomic mass is 16.5. The Morgan fingerprint density at radius 2 is 1.92 bits per heavy atom. The molecule has 0 heterocycles. The molecule has 0 aromatic heterocycles. The number of aldehydes is 2. The molecule has 0 radical (unpaired) electrons. The summed E-state index contributed by atoms with van der Waals surface area (Å²) in [7, 11) is 0. The Hall–Kier alpha value is -0.700. The van der Waals surface area contributed by atoms with Crippen LogP contribution < -0.4 is 0 Å². The predicted molar refractivity (Wildman–Crippen MR) is 50.6 cm³/mol. The molecule has 0 aliphatic rings. The van der Waals surface area contributed by atoms with Gasteiger partial charge in [0.1, 0.15) is 18.7 Å². The van der Waals surface area contributed by atoms with Crippen LogP contribution in [0.5, 0.6) is 0 Å². The molecule has 0 rings (SSSR count). The predicted octanol–water partition coefficient (Wildman–Crippen LogP) is 1.60. The van der Waals surface area contributed by atoms with E-state index in [0.29, 0.717) is 6.61 Å². The Labute approximate surface area is 79.5 Å². The average molecular weight is 186 g/mol. The maximum atomic E-state index is 10.4. The Balaban J connectivity index is 3.48. The SMILES string of the molecule is CCOC(C=O)CCCC(C)C=O. The fourth-order valence-electron chi connectivity index (χ4n) is 1.11. The zero-order valence-corrected chi connectivity index (χ0v) is 8.36. The van der Waals surface area contributed by atoms with Gasteiger partial charge in [0.25, 0.3) is 0 Å². The van der Waals surface area contributed by atoms with Crippen molar-refractivity contribution in [3.05, 3.63) is 0 Å². The number of hydrogen-bond acceptors (Lipinski definition) is 3. The lowest BCUT2D eigenvalue weighted by atomic mass is 10.0. The average Bonchev–Trinajstić information content (AvgIpc) is 2.16. The van der Waals surface area contributed by atoms with Crippen LogP contribution in [0.25, 0.3) is 0 Å². The van der Waals surface area contributed by atoms with Crippen LogP contribution >= 0.6 is 0 Å². The van der Waals surface area contributed by atoms with Crippen molar-refractivity contribution in [3.63, 3.8) is 0 Å². The number of rotatable bonds is 8. The highest BCUT2D eigenvalue weighted by Gasteiger charge is 2.07. The standard InChI is InChI=1S/C10H18O3/c1-3-13-10(8-12)6-4-5-9(2)7-11/h7-10H,3-6H2,1-2H3. The molecule has 0 N–H and O–H groups in total. The van der Waals surface area contributed by atoms with E-state index in [2.05, 4.69) is 0 Å². The second-order valence-electron chi connectivity index (χ2n) is 3.17. The molecule has 0 aromatic carbocycles. The lowest BCUT2D eigenvalue weighted by Gasteiger charge is -2.10. The number of carbonyl (C=O) groups excluding carboxylic acids is 2. The molecule has 0 saturated carbocycles. The fraction of sp³-hybridized carbons (Fsp3) is 0.800. The van der Waals surface area contributed by atoms with Gasteiger partial charge in [0, 0.05) is 12.5 Å². The van der Waals surface area contributed by atoms with E-state index in [1.807, 2.05) is 13.8 Å². The van der Waals surface area contributed by atoms with Crippen LogP contribution in [0.1, 0.15) is 33.1 Å². The van der Waals surface area contributed by atoms with E-state index >= 15 is 0 Å². The first-order valence-electron chi connectivity index (χ1n) is 4.76. The maximum absolute atomic E-state index is 10.4. The van der Waals surface area contributed by atoms with Crippen LogP contribution in [-0.4, -0.2) is 25.3 Å². The van der Waals surface area contributed by atoms with Crippen LogP contribution in [0.3, 0.4) is 0 Å². The Morgan fingerprint density at radius 1 is 1.23 bits per heavy atom. The third-order valence-corrected chi connectivity index (χ3v) is 1.91. The van der Waals surface area contributed by atoms with Crippen molar-refractivity contribution >= 4 is 12.6 Å². The lowest BCUT2D eigenvalue weighted by molar-refractivity contribution is -0.118. The van der Waals surface area contributed by atoms with Gasteiger partial charge in [-0.1, -0.05) is 6.92 Å². The molecule has 76 valence electrons. The molecule has 0 amide bonds. The van der Waals surface area contributed by atoms with Crippen LogP contribution in [0, 0.1) is 5.92 Å². The summed E-state index contributed by atoms with van der Waals surface area (Å²) in [5.74, 6) is 0.0916. The van der Waals surface area contributed by atoms with E-state index in [1.54, 1.807) is 0 Å². The zero-order chi connectivity index (χ0) is 10.1. The Kier molecular flexibility index (Phi) is 7.50. The monoisotopic (exact) mass is 186 g/mol. The quantitative estimate of drug-likeness (QED) is 0.541. The lowest BCUT2D eigenvalue weighted by Crippen LogP contribution is -2.14. The van der Waals surface area contributed by atoms with Crippen molar-refractivity contribution in [3.8, 4) is 0 Å². The molecule has 13 heavy (non-hydrogen) atoms. The van der Waals surface area contributed by atoms with Crippen molar-refractivity contribution in [2.24, 2.45) is 5.92 Å². The normalized spacial score (nSPS) is 14.9. The van der Waals surface area contributed by atoms with E-state index in [0.717, 1.165) is 31.8 Å². The van der Waals surface area contributed by atoms with E-state index in [9.17, 15) is 9.59 Å². The van der Waals surface area contributed by atoms with E-state index in [4.69, 9.17) is 4.74 Å². The molecule has 2 atom stereocenters. The van der Waals surface area contributed by atoms with Gasteiger partial charge in [0.15, 0.2) is 0 Å². The summed E-state index contributed by atoms with van der Waals surface area (Å²) in [5, 5.41) is 0. The molecule has 2 unspecified atom stereocenters. The summed E-state index contributed by atoms with van der Waals surface area (Å²) in [5.41, 5.74) is 0. The largest absolute Gasteiger partial charge is 0.371 e. The van der Waals surface area contributed by atoms with Gasteiger partial charge in [-0.25, -0.2) is 0 Å². The van der Waals surface area contributed by atoms with Crippen molar-refractivity contribution in [2.45, 2.75) is 39.2 Å². The summed E-state index contributed by atoms with van der Waals surface area (Å²) in [6.45, 7) is 4.31. The van der Waals surface area contributed by atoms with Gasteiger partial charge in [-0.2, -0.15) is 0 Å². The topological polar surface area (TPSA) is 43.4 Å². The second-order valence-corrected chi connectivity index (χ2v) is 3.17. The van der Waals surface area contributed by atoms with Gasteiger partial charge in [-0.3, -0.25) is 0 Å². The minimum absolute atomic E-state index is 0.0916. The molecule has 3 heteroatoms. The Morgan fingerprint density at radius 3 is 2.38 bits per heavy atom. The van der Waals surface area contributed by atoms with E-state index in [1.165, 1.54) is 0 Å². The van der Waals surface area contributed by atoms with Crippen molar-refractivity contribution in [1.82, 2.24) is 0 Å². The minimum atomic E-state index is -0.288. The molecule has 0 saturated heterocycles. The molecule has 3 nitrogen and oxygen atoms in total. The fourth-order valence-corrected chi connectivity index (χ4v) is 1.11. The van der Waals surface area contributed by atoms with Crippen molar-refractivity contribution in [2.75, 3.05) is 6.61 Å². The van der Waals surface area contributed by atoms with Crippen molar-refractivity contribution in [1.29, 1.82) is 0 Å². The molecule has 0 aliphatic carbocycles. The first-order valence-corrected chi connectivity index (χ1v) is 4.76. The molecule has 0 fully saturated rings. The van der Waals surface area contributed by atoms with Gasteiger partial charge < -0.3 is 14.3 Å². The van der Waals surface area contributed by atoms with Gasteiger partial charge in [0.05, 0.1) is 0 Å². The molecule has 0 spiro atoms. The number of hydrogen-bond donors (Lipinski definition) is 0.